The molecule has 0 saturated heterocycles. The van der Waals surface area contributed by atoms with Crippen molar-refractivity contribution in [3.05, 3.63) is 46.7 Å². The number of thiophene rings is 1. The summed E-state index contributed by atoms with van der Waals surface area (Å²) in [5.41, 5.74) is 7.22. The zero-order chi connectivity index (χ0) is 12.3. The van der Waals surface area contributed by atoms with Crippen molar-refractivity contribution in [1.82, 2.24) is 0 Å². The van der Waals surface area contributed by atoms with E-state index in [9.17, 15) is 4.79 Å². The summed E-state index contributed by atoms with van der Waals surface area (Å²) in [4.78, 5) is 14.7. The molecule has 0 radical (unpaired) electrons. The quantitative estimate of drug-likeness (QED) is 0.846. The van der Waals surface area contributed by atoms with Gasteiger partial charge in [-0.3, -0.25) is 4.79 Å². The normalized spacial score (nSPS) is 10.2. The van der Waals surface area contributed by atoms with Crippen molar-refractivity contribution in [3.63, 3.8) is 0 Å². The number of anilines is 2. The Morgan fingerprint density at radius 1 is 1.29 bits per heavy atom. The average Bonchev–Trinajstić information content (AvgIpc) is 2.81. The Bertz CT molecular complexity index is 508. The van der Waals surface area contributed by atoms with E-state index in [0.717, 1.165) is 10.6 Å². The van der Waals surface area contributed by atoms with Gasteiger partial charge in [0.25, 0.3) is 0 Å². The molecule has 0 spiro atoms. The molecule has 1 amide bonds. The zero-order valence-electron chi connectivity index (χ0n) is 9.59. The fraction of sp³-hybridized carbons (Fsp3) is 0.154. The number of likely N-dealkylation sites (N-methyl/N-ethyl adjacent to an activating group) is 1. The number of nitrogens with zero attached hydrogens (tertiary/aromatic N) is 1. The molecule has 0 atom stereocenters. The van der Waals surface area contributed by atoms with Crippen LogP contribution >= 0.6 is 11.3 Å². The van der Waals surface area contributed by atoms with Crippen LogP contribution in [0.3, 0.4) is 0 Å². The summed E-state index contributed by atoms with van der Waals surface area (Å²) in [6.07, 6.45) is 0.419. The molecule has 2 rings (SSSR count). The van der Waals surface area contributed by atoms with Gasteiger partial charge < -0.3 is 10.6 Å². The summed E-state index contributed by atoms with van der Waals surface area (Å²) in [5, 5.41) is 1.97. The summed E-state index contributed by atoms with van der Waals surface area (Å²) in [5.74, 6) is 0.0466. The molecule has 0 fully saturated rings. The van der Waals surface area contributed by atoms with Crippen LogP contribution in [0.5, 0.6) is 0 Å². The van der Waals surface area contributed by atoms with Crippen LogP contribution in [0.15, 0.2) is 41.8 Å². The maximum atomic E-state index is 12.0. The summed E-state index contributed by atoms with van der Waals surface area (Å²) in [6.45, 7) is 0. The lowest BCUT2D eigenvalue weighted by Gasteiger charge is -2.18. The van der Waals surface area contributed by atoms with E-state index in [1.54, 1.807) is 29.4 Å². The van der Waals surface area contributed by atoms with E-state index < -0.39 is 0 Å². The number of benzene rings is 1. The maximum absolute atomic E-state index is 12.0. The highest BCUT2D eigenvalue weighted by molar-refractivity contribution is 7.10. The number of nitrogen functional groups attached to an aromatic ring is 1. The van der Waals surface area contributed by atoms with Crippen molar-refractivity contribution in [2.75, 3.05) is 17.7 Å². The highest BCUT2D eigenvalue weighted by Crippen LogP contribution is 2.22. The van der Waals surface area contributed by atoms with Gasteiger partial charge in [0.15, 0.2) is 0 Å². The van der Waals surface area contributed by atoms with E-state index >= 15 is 0 Å². The minimum Gasteiger partial charge on any atom is -0.397 e. The number of rotatable bonds is 3. The molecule has 1 heterocycles. The predicted octanol–water partition coefficient (Wildman–Crippen LogP) is 2.54. The van der Waals surface area contributed by atoms with Crippen molar-refractivity contribution in [2.24, 2.45) is 0 Å². The van der Waals surface area contributed by atoms with Crippen LogP contribution in [0.4, 0.5) is 11.4 Å². The van der Waals surface area contributed by atoms with Crippen LogP contribution in [0.2, 0.25) is 0 Å². The standard InChI is InChI=1S/C13H14N2OS/c1-15(12-7-3-2-6-11(12)14)13(16)9-10-5-4-8-17-10/h2-8H,9,14H2,1H3. The van der Waals surface area contributed by atoms with Gasteiger partial charge in [0.1, 0.15) is 0 Å². The largest absolute Gasteiger partial charge is 0.397 e. The van der Waals surface area contributed by atoms with Gasteiger partial charge in [-0.25, -0.2) is 0 Å². The number of hydrogen-bond acceptors (Lipinski definition) is 3. The van der Waals surface area contributed by atoms with E-state index in [4.69, 9.17) is 5.73 Å². The Morgan fingerprint density at radius 2 is 2.06 bits per heavy atom. The molecule has 1 aromatic heterocycles. The highest BCUT2D eigenvalue weighted by Gasteiger charge is 2.13. The van der Waals surface area contributed by atoms with Gasteiger partial charge >= 0.3 is 0 Å². The maximum Gasteiger partial charge on any atom is 0.232 e. The second-order valence-corrected chi connectivity index (χ2v) is 4.80. The summed E-state index contributed by atoms with van der Waals surface area (Å²) in [6, 6.07) is 11.3. The van der Waals surface area contributed by atoms with Crippen molar-refractivity contribution in [2.45, 2.75) is 6.42 Å². The Labute approximate surface area is 104 Å². The molecule has 0 aliphatic heterocycles. The first-order valence-corrected chi connectivity index (χ1v) is 6.20. The van der Waals surface area contributed by atoms with Crippen LogP contribution in [0.25, 0.3) is 0 Å². The molecular formula is C13H14N2OS. The van der Waals surface area contributed by atoms with Gasteiger partial charge in [0.05, 0.1) is 17.8 Å². The lowest BCUT2D eigenvalue weighted by atomic mass is 10.2. The number of amides is 1. The van der Waals surface area contributed by atoms with Crippen molar-refractivity contribution in [3.8, 4) is 0 Å². The lowest BCUT2D eigenvalue weighted by Crippen LogP contribution is -2.28. The number of para-hydroxylation sites is 2. The van der Waals surface area contributed by atoms with E-state index in [-0.39, 0.29) is 5.91 Å². The molecular weight excluding hydrogens is 232 g/mol. The Kier molecular flexibility index (Phi) is 3.44. The van der Waals surface area contributed by atoms with Gasteiger partial charge in [0.2, 0.25) is 5.91 Å². The molecule has 2 N–H and O–H groups in total. The number of hydrogen-bond donors (Lipinski definition) is 1. The fourth-order valence-corrected chi connectivity index (χ4v) is 2.30. The van der Waals surface area contributed by atoms with Gasteiger partial charge in [-0.1, -0.05) is 18.2 Å². The van der Waals surface area contributed by atoms with Crippen LogP contribution in [-0.4, -0.2) is 13.0 Å². The van der Waals surface area contributed by atoms with Gasteiger partial charge in [0, 0.05) is 11.9 Å². The predicted molar refractivity (Wildman–Crippen MR) is 72.3 cm³/mol. The first kappa shape index (κ1) is 11.7. The molecule has 1 aromatic carbocycles. The summed E-state index contributed by atoms with van der Waals surface area (Å²) >= 11 is 1.59. The highest BCUT2D eigenvalue weighted by atomic mass is 32.1. The first-order chi connectivity index (χ1) is 8.18. The molecule has 0 saturated carbocycles. The Hall–Kier alpha value is -1.81. The zero-order valence-corrected chi connectivity index (χ0v) is 10.4. The molecule has 17 heavy (non-hydrogen) atoms. The van der Waals surface area contributed by atoms with E-state index in [1.165, 1.54) is 0 Å². The van der Waals surface area contributed by atoms with E-state index in [0.29, 0.717) is 12.1 Å². The smallest absolute Gasteiger partial charge is 0.232 e. The number of nitrogens with two attached hydrogens (primary N) is 1. The van der Waals surface area contributed by atoms with Crippen molar-refractivity contribution < 1.29 is 4.79 Å². The molecule has 2 aromatic rings. The molecule has 0 aliphatic rings. The van der Waals surface area contributed by atoms with E-state index in [2.05, 4.69) is 0 Å². The first-order valence-electron chi connectivity index (χ1n) is 5.32. The summed E-state index contributed by atoms with van der Waals surface area (Å²) in [7, 11) is 1.75. The fourth-order valence-electron chi connectivity index (χ4n) is 1.61. The van der Waals surface area contributed by atoms with Gasteiger partial charge in [-0.2, -0.15) is 0 Å². The molecule has 88 valence electrons. The van der Waals surface area contributed by atoms with Crippen LogP contribution in [-0.2, 0) is 11.2 Å². The van der Waals surface area contributed by atoms with E-state index in [1.807, 2.05) is 35.7 Å². The Morgan fingerprint density at radius 3 is 2.71 bits per heavy atom. The average molecular weight is 246 g/mol. The van der Waals surface area contributed by atoms with Crippen LogP contribution in [0.1, 0.15) is 4.88 Å². The third kappa shape index (κ3) is 2.65. The minimum atomic E-state index is 0.0466. The molecule has 0 unspecified atom stereocenters. The number of carbonyl (C=O) groups is 1. The molecule has 0 bridgehead atoms. The third-order valence-corrected chi connectivity index (χ3v) is 3.45. The topological polar surface area (TPSA) is 46.3 Å². The number of carbonyl (C=O) groups excluding carboxylic acids is 1. The van der Waals surface area contributed by atoms with Crippen LogP contribution < -0.4 is 10.6 Å². The molecule has 0 aliphatic carbocycles. The summed E-state index contributed by atoms with van der Waals surface area (Å²) < 4.78 is 0. The molecule has 3 nitrogen and oxygen atoms in total. The minimum absolute atomic E-state index is 0.0466. The van der Waals surface area contributed by atoms with Crippen LogP contribution in [0, 0.1) is 0 Å². The Balaban J connectivity index is 2.12. The van der Waals surface area contributed by atoms with Crippen molar-refractivity contribution in [1.29, 1.82) is 0 Å². The monoisotopic (exact) mass is 246 g/mol. The second kappa shape index (κ2) is 5.01. The second-order valence-electron chi connectivity index (χ2n) is 3.77. The third-order valence-electron chi connectivity index (χ3n) is 2.58. The SMILES string of the molecule is CN(C(=O)Cc1cccs1)c1ccccc1N. The lowest BCUT2D eigenvalue weighted by molar-refractivity contribution is -0.117. The van der Waals surface area contributed by atoms with Gasteiger partial charge in [-0.15, -0.1) is 11.3 Å². The van der Waals surface area contributed by atoms with Crippen molar-refractivity contribution >= 4 is 28.6 Å². The molecule has 4 heteroatoms. The van der Waals surface area contributed by atoms with Gasteiger partial charge in [-0.05, 0) is 23.6 Å².